The predicted molar refractivity (Wildman–Crippen MR) is 127 cm³/mol. The van der Waals surface area contributed by atoms with Crippen LogP contribution in [0.15, 0.2) is 48.9 Å². The first-order valence-corrected chi connectivity index (χ1v) is 11.1. The molecular weight excluding hydrogens is 416 g/mol. The van der Waals surface area contributed by atoms with Gasteiger partial charge in [-0.3, -0.25) is 9.48 Å². The summed E-state index contributed by atoms with van der Waals surface area (Å²) in [5, 5.41) is 16.6. The van der Waals surface area contributed by atoms with E-state index in [1.54, 1.807) is 37.2 Å². The summed E-state index contributed by atoms with van der Waals surface area (Å²) in [5.74, 6) is 1.52. The van der Waals surface area contributed by atoms with E-state index in [-0.39, 0.29) is 18.0 Å². The zero-order valence-electron chi connectivity index (χ0n) is 19.2. The second kappa shape index (κ2) is 9.74. The summed E-state index contributed by atoms with van der Waals surface area (Å²) in [4.78, 5) is 18.9. The van der Waals surface area contributed by atoms with Crippen LogP contribution in [-0.2, 0) is 11.8 Å². The maximum atomic E-state index is 12.7. The van der Waals surface area contributed by atoms with Crippen LogP contribution in [0.1, 0.15) is 38.2 Å². The number of aryl methyl sites for hydroxylation is 1. The molecule has 1 saturated carbocycles. The minimum Gasteiger partial charge on any atom is -0.496 e. The molecule has 170 valence electrons. The van der Waals surface area contributed by atoms with Gasteiger partial charge in [0.2, 0.25) is 5.91 Å². The van der Waals surface area contributed by atoms with Crippen LogP contribution in [0.2, 0.25) is 0 Å². The number of amides is 1. The third kappa shape index (κ3) is 4.98. The molecule has 0 bridgehead atoms. The first-order chi connectivity index (χ1) is 16.0. The maximum absolute atomic E-state index is 12.7. The number of aromatic nitrogens is 3. The van der Waals surface area contributed by atoms with E-state index < -0.39 is 0 Å². The Kier molecular flexibility index (Phi) is 6.59. The topological polar surface area (TPSA) is 96.1 Å². The molecule has 1 aliphatic carbocycles. The highest BCUT2D eigenvalue weighted by Crippen LogP contribution is 2.36. The molecule has 0 unspecified atom stereocenters. The summed E-state index contributed by atoms with van der Waals surface area (Å²) < 4.78 is 7.41. The zero-order chi connectivity index (χ0) is 23.4. The number of pyridine rings is 1. The molecule has 8 heteroatoms. The molecule has 2 aromatic heterocycles. The molecule has 0 saturated heterocycles. The lowest BCUT2D eigenvalue weighted by Gasteiger charge is -2.37. The zero-order valence-corrected chi connectivity index (χ0v) is 19.2. The van der Waals surface area contributed by atoms with Crippen molar-refractivity contribution < 1.29 is 9.53 Å². The normalized spacial score (nSPS) is 17.8. The monoisotopic (exact) mass is 444 g/mol. The third-order valence-electron chi connectivity index (χ3n) is 6.12. The molecule has 3 aromatic rings. The SMILES string of the molecule is COc1cc(N(C(C)=O)C2CCC(Nc3ccc(C#N)cn3)CC2)ccc1-c1cnn(C)c1. The van der Waals surface area contributed by atoms with Crippen molar-refractivity contribution in [2.45, 2.75) is 44.7 Å². The predicted octanol–water partition coefficient (Wildman–Crippen LogP) is 4.14. The Hall–Kier alpha value is -3.86. The van der Waals surface area contributed by atoms with Crippen LogP contribution in [0.25, 0.3) is 11.1 Å². The number of carbonyl (C=O) groups excluding carboxylic acids is 1. The van der Waals surface area contributed by atoms with Gasteiger partial charge in [-0.05, 0) is 49.9 Å². The van der Waals surface area contributed by atoms with E-state index in [4.69, 9.17) is 10.00 Å². The van der Waals surface area contributed by atoms with Gasteiger partial charge in [0.1, 0.15) is 17.6 Å². The molecule has 33 heavy (non-hydrogen) atoms. The highest BCUT2D eigenvalue weighted by molar-refractivity contribution is 5.93. The molecule has 4 rings (SSSR count). The minimum atomic E-state index is 0.0244. The van der Waals surface area contributed by atoms with E-state index >= 15 is 0 Å². The Balaban J connectivity index is 1.47. The Morgan fingerprint density at radius 1 is 1.21 bits per heavy atom. The number of nitriles is 1. The van der Waals surface area contributed by atoms with Gasteiger partial charge in [-0.2, -0.15) is 10.4 Å². The van der Waals surface area contributed by atoms with Gasteiger partial charge in [-0.1, -0.05) is 0 Å². The van der Waals surface area contributed by atoms with E-state index in [0.29, 0.717) is 11.3 Å². The van der Waals surface area contributed by atoms with E-state index in [0.717, 1.165) is 48.3 Å². The smallest absolute Gasteiger partial charge is 0.224 e. The number of ether oxygens (including phenoxy) is 1. The molecule has 1 fully saturated rings. The van der Waals surface area contributed by atoms with E-state index in [1.165, 1.54) is 0 Å². The van der Waals surface area contributed by atoms with Crippen molar-refractivity contribution in [1.82, 2.24) is 14.8 Å². The maximum Gasteiger partial charge on any atom is 0.224 e. The molecule has 0 spiro atoms. The highest BCUT2D eigenvalue weighted by Gasteiger charge is 2.29. The molecule has 2 heterocycles. The summed E-state index contributed by atoms with van der Waals surface area (Å²) in [6.07, 6.45) is 8.96. The Morgan fingerprint density at radius 2 is 2.00 bits per heavy atom. The number of benzene rings is 1. The van der Waals surface area contributed by atoms with Gasteiger partial charge >= 0.3 is 0 Å². The third-order valence-corrected chi connectivity index (χ3v) is 6.12. The van der Waals surface area contributed by atoms with Crippen molar-refractivity contribution >= 4 is 17.4 Å². The first kappa shape index (κ1) is 22.3. The van der Waals surface area contributed by atoms with Gasteiger partial charge in [-0.15, -0.1) is 0 Å². The molecule has 1 aromatic carbocycles. The molecule has 0 radical (unpaired) electrons. The number of nitrogens with zero attached hydrogens (tertiary/aromatic N) is 5. The average molecular weight is 445 g/mol. The van der Waals surface area contributed by atoms with E-state index in [2.05, 4.69) is 21.5 Å². The van der Waals surface area contributed by atoms with Crippen LogP contribution in [0, 0.1) is 11.3 Å². The number of nitrogens with one attached hydrogen (secondary N) is 1. The van der Waals surface area contributed by atoms with Gasteiger partial charge in [0, 0.05) is 61.3 Å². The lowest BCUT2D eigenvalue weighted by Crippen LogP contribution is -2.43. The molecule has 8 nitrogen and oxygen atoms in total. The number of methoxy groups -OCH3 is 1. The largest absolute Gasteiger partial charge is 0.496 e. The number of hydrogen-bond acceptors (Lipinski definition) is 6. The molecule has 1 aliphatic rings. The fourth-order valence-corrected chi connectivity index (χ4v) is 4.51. The summed E-state index contributed by atoms with van der Waals surface area (Å²) in [5.41, 5.74) is 3.31. The Labute approximate surface area is 193 Å². The van der Waals surface area contributed by atoms with Crippen LogP contribution in [-0.4, -0.2) is 39.9 Å². The van der Waals surface area contributed by atoms with Gasteiger partial charge in [0.25, 0.3) is 0 Å². The fourth-order valence-electron chi connectivity index (χ4n) is 4.51. The van der Waals surface area contributed by atoms with E-state index in [9.17, 15) is 4.79 Å². The minimum absolute atomic E-state index is 0.0244. The van der Waals surface area contributed by atoms with Crippen LogP contribution in [0.5, 0.6) is 5.75 Å². The summed E-state index contributed by atoms with van der Waals surface area (Å²) in [6.45, 7) is 1.62. The van der Waals surface area contributed by atoms with Crippen LogP contribution >= 0.6 is 0 Å². The van der Waals surface area contributed by atoms with Crippen molar-refractivity contribution in [3.63, 3.8) is 0 Å². The van der Waals surface area contributed by atoms with Gasteiger partial charge in [-0.25, -0.2) is 4.98 Å². The number of anilines is 2. The van der Waals surface area contributed by atoms with E-state index in [1.807, 2.05) is 42.4 Å². The average Bonchev–Trinajstić information content (AvgIpc) is 3.26. The van der Waals surface area contributed by atoms with Crippen molar-refractivity contribution in [2.24, 2.45) is 7.05 Å². The standard InChI is InChI=1S/C25H28N6O2/c1-17(32)31(22-9-10-23(24(12-22)33-3)19-15-28-30(2)16-19)21-7-5-20(6-8-21)29-25-11-4-18(13-26)14-27-25/h4,9-12,14-16,20-21H,5-8H2,1-3H3,(H,27,29). The molecule has 0 aliphatic heterocycles. The lowest BCUT2D eigenvalue weighted by atomic mass is 9.89. The van der Waals surface area contributed by atoms with Gasteiger partial charge < -0.3 is 15.0 Å². The number of carbonyl (C=O) groups is 1. The molecule has 1 N–H and O–H groups in total. The Bertz CT molecular complexity index is 1160. The van der Waals surface area contributed by atoms with Crippen LogP contribution in [0.4, 0.5) is 11.5 Å². The molecule has 0 atom stereocenters. The summed E-state index contributed by atoms with van der Waals surface area (Å²) in [7, 11) is 3.52. The van der Waals surface area contributed by atoms with Crippen molar-refractivity contribution in [2.75, 3.05) is 17.3 Å². The highest BCUT2D eigenvalue weighted by atomic mass is 16.5. The van der Waals surface area contributed by atoms with Gasteiger partial charge in [0.15, 0.2) is 0 Å². The van der Waals surface area contributed by atoms with Crippen LogP contribution in [0.3, 0.4) is 0 Å². The summed E-state index contributed by atoms with van der Waals surface area (Å²) >= 11 is 0. The quantitative estimate of drug-likeness (QED) is 0.614. The van der Waals surface area contributed by atoms with Crippen molar-refractivity contribution in [3.8, 4) is 22.9 Å². The van der Waals surface area contributed by atoms with Crippen molar-refractivity contribution in [1.29, 1.82) is 5.26 Å². The number of hydrogen-bond donors (Lipinski definition) is 1. The number of rotatable bonds is 6. The van der Waals surface area contributed by atoms with Crippen LogP contribution < -0.4 is 15.0 Å². The summed E-state index contributed by atoms with van der Waals surface area (Å²) in [6, 6.07) is 12.0. The first-order valence-electron chi connectivity index (χ1n) is 11.1. The second-order valence-electron chi connectivity index (χ2n) is 8.37. The molecular formula is C25H28N6O2. The molecule has 1 amide bonds. The second-order valence-corrected chi connectivity index (χ2v) is 8.37. The van der Waals surface area contributed by atoms with Gasteiger partial charge in [0.05, 0.1) is 18.9 Å². The van der Waals surface area contributed by atoms with Crippen molar-refractivity contribution in [3.05, 3.63) is 54.5 Å². The Morgan fingerprint density at radius 3 is 2.58 bits per heavy atom. The lowest BCUT2D eigenvalue weighted by molar-refractivity contribution is -0.117. The fraction of sp³-hybridized carbons (Fsp3) is 0.360.